The second-order valence-electron chi connectivity index (χ2n) is 5.24. The highest BCUT2D eigenvalue weighted by atomic mass is 32.1. The Kier molecular flexibility index (Phi) is 4.85. The monoisotopic (exact) mass is 342 g/mol. The molecule has 8 heteroatoms. The largest absolute Gasteiger partial charge is 0.489 e. The van der Waals surface area contributed by atoms with Crippen molar-refractivity contribution in [2.24, 2.45) is 0 Å². The van der Waals surface area contributed by atoms with Crippen molar-refractivity contribution in [3.63, 3.8) is 0 Å². The molecule has 7 nitrogen and oxygen atoms in total. The summed E-state index contributed by atoms with van der Waals surface area (Å²) < 4.78 is 9.93. The Bertz CT molecular complexity index is 802. The van der Waals surface area contributed by atoms with E-state index in [0.29, 0.717) is 22.5 Å². The summed E-state index contributed by atoms with van der Waals surface area (Å²) in [5.41, 5.74) is 1.59. The van der Waals surface area contributed by atoms with Crippen LogP contribution in [0.25, 0.3) is 11.5 Å². The highest BCUT2D eigenvalue weighted by molar-refractivity contribution is 7.09. The van der Waals surface area contributed by atoms with Crippen molar-refractivity contribution in [2.45, 2.75) is 20.0 Å². The van der Waals surface area contributed by atoms with Gasteiger partial charge in [-0.3, -0.25) is 0 Å². The lowest BCUT2D eigenvalue weighted by molar-refractivity contribution is 0.241. The highest BCUT2D eigenvalue weighted by Crippen LogP contribution is 2.26. The summed E-state index contributed by atoms with van der Waals surface area (Å²) in [6.45, 7) is 3.95. The van der Waals surface area contributed by atoms with Crippen LogP contribution < -0.4 is 15.4 Å². The van der Waals surface area contributed by atoms with Crippen molar-refractivity contribution < 1.29 is 4.74 Å². The van der Waals surface area contributed by atoms with Gasteiger partial charge in [-0.25, -0.2) is 9.97 Å². The summed E-state index contributed by atoms with van der Waals surface area (Å²) in [6, 6.07) is 7.52. The maximum Gasteiger partial charge on any atom is 0.208 e. The van der Waals surface area contributed by atoms with Crippen LogP contribution >= 0.6 is 11.5 Å². The Morgan fingerprint density at radius 3 is 2.75 bits per heavy atom. The summed E-state index contributed by atoms with van der Waals surface area (Å²) in [7, 11) is 1.85. The van der Waals surface area contributed by atoms with Gasteiger partial charge in [0.2, 0.25) is 5.13 Å². The van der Waals surface area contributed by atoms with Crippen molar-refractivity contribution in [3.05, 3.63) is 36.7 Å². The van der Waals surface area contributed by atoms with Crippen LogP contribution in [0, 0.1) is 0 Å². The fourth-order valence-electron chi connectivity index (χ4n) is 2.04. The number of pyridine rings is 2. The smallest absolute Gasteiger partial charge is 0.208 e. The first-order valence-electron chi connectivity index (χ1n) is 7.52. The molecule has 3 rings (SSSR count). The molecule has 0 amide bonds. The number of hydrogen-bond donors (Lipinski definition) is 2. The van der Waals surface area contributed by atoms with Gasteiger partial charge in [-0.2, -0.15) is 9.36 Å². The molecule has 2 N–H and O–H groups in total. The van der Waals surface area contributed by atoms with Gasteiger partial charge in [0.1, 0.15) is 11.4 Å². The first-order chi connectivity index (χ1) is 11.7. The zero-order chi connectivity index (χ0) is 16.9. The van der Waals surface area contributed by atoms with Crippen LogP contribution in [0.1, 0.15) is 13.8 Å². The summed E-state index contributed by atoms with van der Waals surface area (Å²) in [5.74, 6) is 2.01. The third kappa shape index (κ3) is 3.77. The molecule has 0 aliphatic carbocycles. The molecule has 3 aromatic rings. The van der Waals surface area contributed by atoms with E-state index in [-0.39, 0.29) is 6.10 Å². The van der Waals surface area contributed by atoms with E-state index < -0.39 is 0 Å². The second kappa shape index (κ2) is 7.22. The van der Waals surface area contributed by atoms with E-state index in [9.17, 15) is 0 Å². The van der Waals surface area contributed by atoms with E-state index in [0.717, 1.165) is 11.4 Å². The normalized spacial score (nSPS) is 10.7. The fraction of sp³-hybridized carbons (Fsp3) is 0.250. The Morgan fingerprint density at radius 1 is 1.17 bits per heavy atom. The van der Waals surface area contributed by atoms with Crippen LogP contribution in [0.15, 0.2) is 36.7 Å². The molecule has 0 aliphatic rings. The van der Waals surface area contributed by atoms with E-state index in [1.165, 1.54) is 11.5 Å². The number of nitrogens with one attached hydrogen (secondary N) is 2. The molecule has 3 aromatic heterocycles. The molecule has 0 saturated carbocycles. The van der Waals surface area contributed by atoms with Crippen LogP contribution in [-0.2, 0) is 0 Å². The van der Waals surface area contributed by atoms with E-state index in [1.54, 1.807) is 12.4 Å². The van der Waals surface area contributed by atoms with Crippen molar-refractivity contribution in [1.29, 1.82) is 0 Å². The van der Waals surface area contributed by atoms with Crippen molar-refractivity contribution >= 4 is 28.2 Å². The molecule has 24 heavy (non-hydrogen) atoms. The molecule has 0 fully saturated rings. The molecule has 0 unspecified atom stereocenters. The minimum absolute atomic E-state index is 0.116. The Hall–Kier alpha value is -2.74. The van der Waals surface area contributed by atoms with Gasteiger partial charge in [-0.1, -0.05) is 0 Å². The van der Waals surface area contributed by atoms with Gasteiger partial charge in [-0.15, -0.1) is 0 Å². The van der Waals surface area contributed by atoms with Crippen molar-refractivity contribution in [1.82, 2.24) is 19.3 Å². The average Bonchev–Trinajstić information content (AvgIpc) is 3.04. The Morgan fingerprint density at radius 2 is 2.04 bits per heavy atom. The lowest BCUT2D eigenvalue weighted by Gasteiger charge is -2.08. The van der Waals surface area contributed by atoms with E-state index in [1.807, 2.05) is 45.2 Å². The van der Waals surface area contributed by atoms with Gasteiger partial charge in [0.05, 0.1) is 18.0 Å². The maximum absolute atomic E-state index is 5.59. The quantitative estimate of drug-likeness (QED) is 0.708. The highest BCUT2D eigenvalue weighted by Gasteiger charge is 2.10. The predicted molar refractivity (Wildman–Crippen MR) is 96.0 cm³/mol. The third-order valence-electron chi connectivity index (χ3n) is 3.07. The van der Waals surface area contributed by atoms with Crippen LogP contribution in [-0.4, -0.2) is 32.5 Å². The first-order valence-corrected chi connectivity index (χ1v) is 8.29. The van der Waals surface area contributed by atoms with Gasteiger partial charge in [-0.05, 0) is 38.1 Å². The van der Waals surface area contributed by atoms with Crippen LogP contribution in [0.5, 0.6) is 5.75 Å². The van der Waals surface area contributed by atoms with Crippen molar-refractivity contribution in [2.75, 3.05) is 17.7 Å². The van der Waals surface area contributed by atoms with Gasteiger partial charge in [0.25, 0.3) is 0 Å². The van der Waals surface area contributed by atoms with Crippen LogP contribution in [0.4, 0.5) is 16.6 Å². The van der Waals surface area contributed by atoms with Gasteiger partial charge in [0, 0.05) is 24.8 Å². The van der Waals surface area contributed by atoms with E-state index >= 15 is 0 Å². The van der Waals surface area contributed by atoms with Gasteiger partial charge in [0.15, 0.2) is 11.6 Å². The fourth-order valence-corrected chi connectivity index (χ4v) is 2.62. The molecule has 0 aromatic carbocycles. The van der Waals surface area contributed by atoms with Crippen LogP contribution in [0.2, 0.25) is 0 Å². The molecular formula is C16H18N6OS. The molecule has 0 radical (unpaired) electrons. The Balaban J connectivity index is 1.75. The molecule has 0 spiro atoms. The van der Waals surface area contributed by atoms with Crippen LogP contribution in [0.3, 0.4) is 0 Å². The summed E-state index contributed by atoms with van der Waals surface area (Å²) in [6.07, 6.45) is 3.52. The van der Waals surface area contributed by atoms with Gasteiger partial charge < -0.3 is 15.4 Å². The zero-order valence-electron chi connectivity index (χ0n) is 13.6. The molecular weight excluding hydrogens is 324 g/mol. The lowest BCUT2D eigenvalue weighted by Crippen LogP contribution is -2.05. The topological polar surface area (TPSA) is 84.9 Å². The zero-order valence-corrected chi connectivity index (χ0v) is 14.5. The maximum atomic E-state index is 5.59. The summed E-state index contributed by atoms with van der Waals surface area (Å²) in [5, 5.41) is 6.91. The lowest BCUT2D eigenvalue weighted by atomic mass is 10.3. The predicted octanol–water partition coefficient (Wildman–Crippen LogP) is 3.57. The molecule has 0 bridgehead atoms. The molecule has 0 aliphatic heterocycles. The van der Waals surface area contributed by atoms with Crippen molar-refractivity contribution in [3.8, 4) is 17.3 Å². The number of anilines is 3. The minimum Gasteiger partial charge on any atom is -0.489 e. The number of hydrogen-bond acceptors (Lipinski definition) is 8. The summed E-state index contributed by atoms with van der Waals surface area (Å²) in [4.78, 5) is 13.1. The number of rotatable bonds is 6. The molecule has 3 heterocycles. The average molecular weight is 342 g/mol. The standard InChI is InChI=1S/C16H18N6OS/c1-10(2)23-11-6-7-13(19-9-11)15-21-16(24-22-15)20-14-12(17-3)5-4-8-18-14/h4-10,17H,1-3H3,(H,18,20,21,22). The molecule has 124 valence electrons. The second-order valence-corrected chi connectivity index (χ2v) is 6.00. The first kappa shape index (κ1) is 16.1. The molecule has 0 atom stereocenters. The number of nitrogens with zero attached hydrogens (tertiary/aromatic N) is 4. The van der Waals surface area contributed by atoms with E-state index in [2.05, 4.69) is 30.0 Å². The SMILES string of the molecule is CNc1cccnc1Nc1nc(-c2ccc(OC(C)C)cn2)ns1. The third-order valence-corrected chi connectivity index (χ3v) is 3.70. The number of aromatic nitrogens is 4. The minimum atomic E-state index is 0.116. The summed E-state index contributed by atoms with van der Waals surface area (Å²) >= 11 is 1.26. The number of ether oxygens (including phenoxy) is 1. The van der Waals surface area contributed by atoms with E-state index in [4.69, 9.17) is 4.74 Å². The van der Waals surface area contributed by atoms with Gasteiger partial charge >= 0.3 is 0 Å². The molecule has 0 saturated heterocycles. The Labute approximate surface area is 144 Å².